The predicted molar refractivity (Wildman–Crippen MR) is 71.1 cm³/mol. The Hall–Kier alpha value is -1.58. The Labute approximate surface area is 111 Å². The fourth-order valence-electron chi connectivity index (χ4n) is 1.54. The van der Waals surface area contributed by atoms with Crippen molar-refractivity contribution in [3.63, 3.8) is 0 Å². The van der Waals surface area contributed by atoms with Crippen LogP contribution in [0, 0.1) is 6.92 Å². The van der Waals surface area contributed by atoms with Crippen molar-refractivity contribution in [1.29, 1.82) is 0 Å². The summed E-state index contributed by atoms with van der Waals surface area (Å²) in [7, 11) is 0. The van der Waals surface area contributed by atoms with Gasteiger partial charge in [0.2, 0.25) is 5.88 Å². The third-order valence-electron chi connectivity index (χ3n) is 2.54. The zero-order valence-corrected chi connectivity index (χ0v) is 11.0. The molecule has 18 heavy (non-hydrogen) atoms. The summed E-state index contributed by atoms with van der Waals surface area (Å²) in [6.45, 7) is 3.65. The van der Waals surface area contributed by atoms with Gasteiger partial charge in [-0.25, -0.2) is 4.98 Å². The number of hydrogen-bond acceptors (Lipinski definition) is 3. The van der Waals surface area contributed by atoms with Gasteiger partial charge in [-0.05, 0) is 43.2 Å². The van der Waals surface area contributed by atoms with Gasteiger partial charge in [-0.15, -0.1) is 0 Å². The van der Waals surface area contributed by atoms with E-state index in [0.29, 0.717) is 16.7 Å². The number of hydrogen-bond donors (Lipinski definition) is 1. The van der Waals surface area contributed by atoms with E-state index in [1.165, 1.54) is 0 Å². The lowest BCUT2D eigenvalue weighted by molar-refractivity contribution is 0.198. The molecule has 0 fully saturated rings. The van der Waals surface area contributed by atoms with Crippen molar-refractivity contribution in [3.05, 3.63) is 52.7 Å². The molecule has 1 aromatic carbocycles. The topological polar surface area (TPSA) is 42.4 Å². The first kappa shape index (κ1) is 12.9. The number of aryl methyl sites for hydroxylation is 1. The highest BCUT2D eigenvalue weighted by atomic mass is 35.5. The molecular formula is C14H14ClNO2. The van der Waals surface area contributed by atoms with Gasteiger partial charge in [-0.3, -0.25) is 0 Å². The van der Waals surface area contributed by atoms with Crippen molar-refractivity contribution in [2.45, 2.75) is 20.0 Å². The predicted octanol–water partition coefficient (Wildman–Crippen LogP) is 3.89. The van der Waals surface area contributed by atoms with Gasteiger partial charge in [0, 0.05) is 12.3 Å². The molecule has 0 radical (unpaired) electrons. The summed E-state index contributed by atoms with van der Waals surface area (Å²) in [6.07, 6.45) is 1.05. The molecule has 0 aliphatic heterocycles. The van der Waals surface area contributed by atoms with Gasteiger partial charge in [-0.2, -0.15) is 0 Å². The second-order valence-corrected chi connectivity index (χ2v) is 4.55. The Kier molecular flexibility index (Phi) is 3.84. The van der Waals surface area contributed by atoms with Crippen LogP contribution in [0.2, 0.25) is 5.02 Å². The number of halogens is 1. The van der Waals surface area contributed by atoms with E-state index in [2.05, 4.69) is 4.98 Å². The lowest BCUT2D eigenvalue weighted by atomic mass is 10.2. The summed E-state index contributed by atoms with van der Waals surface area (Å²) in [6, 6.07) is 8.98. The van der Waals surface area contributed by atoms with Gasteiger partial charge in [0.05, 0.1) is 11.1 Å². The number of rotatable bonds is 3. The quantitative estimate of drug-likeness (QED) is 0.914. The number of aromatic nitrogens is 1. The van der Waals surface area contributed by atoms with Gasteiger partial charge in [0.15, 0.2) is 0 Å². The number of aliphatic hydroxyl groups excluding tert-OH is 1. The maximum Gasteiger partial charge on any atom is 0.219 e. The van der Waals surface area contributed by atoms with E-state index in [9.17, 15) is 5.11 Å². The monoisotopic (exact) mass is 263 g/mol. The molecule has 0 aliphatic carbocycles. The summed E-state index contributed by atoms with van der Waals surface area (Å²) in [4.78, 5) is 4.10. The van der Waals surface area contributed by atoms with Gasteiger partial charge < -0.3 is 9.84 Å². The molecule has 0 bridgehead atoms. The molecule has 0 spiro atoms. The van der Waals surface area contributed by atoms with Gasteiger partial charge in [-0.1, -0.05) is 17.7 Å². The molecule has 0 saturated carbocycles. The first-order chi connectivity index (χ1) is 8.56. The van der Waals surface area contributed by atoms with Crippen molar-refractivity contribution in [2.24, 2.45) is 0 Å². The average Bonchev–Trinajstić information content (AvgIpc) is 2.34. The summed E-state index contributed by atoms with van der Waals surface area (Å²) in [5.74, 6) is 0.979. The van der Waals surface area contributed by atoms with E-state index in [0.717, 1.165) is 11.1 Å². The normalized spacial score (nSPS) is 12.2. The summed E-state index contributed by atoms with van der Waals surface area (Å²) in [5, 5.41) is 10.0. The second-order valence-electron chi connectivity index (χ2n) is 4.14. The van der Waals surface area contributed by atoms with Gasteiger partial charge in [0.1, 0.15) is 5.75 Å². The number of aliphatic hydroxyl groups is 1. The van der Waals surface area contributed by atoms with Crippen LogP contribution in [-0.4, -0.2) is 10.1 Å². The molecule has 4 heteroatoms. The highest BCUT2D eigenvalue weighted by Gasteiger charge is 2.07. The Bertz CT molecular complexity index is 555. The molecule has 0 saturated heterocycles. The van der Waals surface area contributed by atoms with Crippen LogP contribution in [-0.2, 0) is 0 Å². The molecule has 1 N–H and O–H groups in total. The Morgan fingerprint density at radius 3 is 2.78 bits per heavy atom. The largest absolute Gasteiger partial charge is 0.437 e. The lowest BCUT2D eigenvalue weighted by Crippen LogP contribution is -1.94. The Morgan fingerprint density at radius 2 is 2.06 bits per heavy atom. The summed E-state index contributed by atoms with van der Waals surface area (Å²) < 4.78 is 5.63. The van der Waals surface area contributed by atoms with E-state index >= 15 is 0 Å². The van der Waals surface area contributed by atoms with Crippen LogP contribution in [0.3, 0.4) is 0 Å². The smallest absolute Gasteiger partial charge is 0.219 e. The first-order valence-electron chi connectivity index (χ1n) is 5.64. The maximum atomic E-state index is 9.50. The van der Waals surface area contributed by atoms with E-state index in [1.54, 1.807) is 31.3 Å². The number of ether oxygens (including phenoxy) is 1. The third kappa shape index (κ3) is 3.00. The molecule has 1 heterocycles. The summed E-state index contributed by atoms with van der Waals surface area (Å²) in [5.41, 5.74) is 1.81. The van der Waals surface area contributed by atoms with E-state index < -0.39 is 6.10 Å². The number of nitrogens with zero attached hydrogens (tertiary/aromatic N) is 1. The van der Waals surface area contributed by atoms with Crippen molar-refractivity contribution >= 4 is 11.6 Å². The highest BCUT2D eigenvalue weighted by molar-refractivity contribution is 6.32. The lowest BCUT2D eigenvalue weighted by Gasteiger charge is -2.09. The second kappa shape index (κ2) is 5.38. The average molecular weight is 264 g/mol. The van der Waals surface area contributed by atoms with Crippen LogP contribution in [0.1, 0.15) is 24.2 Å². The molecule has 1 atom stereocenters. The van der Waals surface area contributed by atoms with Crippen molar-refractivity contribution in [3.8, 4) is 11.6 Å². The number of pyridine rings is 1. The van der Waals surface area contributed by atoms with Crippen molar-refractivity contribution in [1.82, 2.24) is 4.98 Å². The number of benzene rings is 1. The maximum absolute atomic E-state index is 9.50. The van der Waals surface area contributed by atoms with Gasteiger partial charge >= 0.3 is 0 Å². The van der Waals surface area contributed by atoms with E-state index in [-0.39, 0.29) is 0 Å². The van der Waals surface area contributed by atoms with Crippen LogP contribution in [0.25, 0.3) is 0 Å². The fourth-order valence-corrected chi connectivity index (χ4v) is 1.70. The third-order valence-corrected chi connectivity index (χ3v) is 2.85. The molecule has 0 amide bonds. The van der Waals surface area contributed by atoms with Crippen LogP contribution < -0.4 is 4.74 Å². The fraction of sp³-hybridized carbons (Fsp3) is 0.214. The molecule has 2 rings (SSSR count). The molecule has 1 aromatic heterocycles. The molecule has 3 nitrogen and oxygen atoms in total. The SMILES string of the molecule is Cc1ccc(Cl)c(Oc2cc([C@H](C)O)ccn2)c1. The Balaban J connectivity index is 2.28. The van der Waals surface area contributed by atoms with E-state index in [4.69, 9.17) is 16.3 Å². The highest BCUT2D eigenvalue weighted by Crippen LogP contribution is 2.30. The zero-order chi connectivity index (χ0) is 13.1. The van der Waals surface area contributed by atoms with Crippen molar-refractivity contribution < 1.29 is 9.84 Å². The minimum Gasteiger partial charge on any atom is -0.437 e. The Morgan fingerprint density at radius 1 is 1.28 bits per heavy atom. The standard InChI is InChI=1S/C14H14ClNO2/c1-9-3-4-12(15)13(7-9)18-14-8-11(10(2)17)5-6-16-14/h3-8,10,17H,1-2H3/t10-/m0/s1. The zero-order valence-electron chi connectivity index (χ0n) is 10.2. The first-order valence-corrected chi connectivity index (χ1v) is 6.02. The van der Waals surface area contributed by atoms with Crippen molar-refractivity contribution in [2.75, 3.05) is 0 Å². The molecule has 0 aliphatic rings. The van der Waals surface area contributed by atoms with Crippen LogP contribution in [0.15, 0.2) is 36.5 Å². The molecule has 2 aromatic rings. The minimum absolute atomic E-state index is 0.418. The van der Waals surface area contributed by atoms with Crippen LogP contribution >= 0.6 is 11.6 Å². The molecule has 94 valence electrons. The minimum atomic E-state index is -0.552. The van der Waals surface area contributed by atoms with Crippen LogP contribution in [0.4, 0.5) is 0 Å². The molecular weight excluding hydrogens is 250 g/mol. The summed E-state index contributed by atoms with van der Waals surface area (Å²) >= 11 is 6.05. The van der Waals surface area contributed by atoms with Gasteiger partial charge in [0.25, 0.3) is 0 Å². The van der Waals surface area contributed by atoms with Crippen LogP contribution in [0.5, 0.6) is 11.6 Å². The molecule has 0 unspecified atom stereocenters. The van der Waals surface area contributed by atoms with E-state index in [1.807, 2.05) is 19.1 Å².